The minimum absolute atomic E-state index is 0.0328. The van der Waals surface area contributed by atoms with Gasteiger partial charge in [0, 0.05) is 0 Å². The fourth-order valence-corrected chi connectivity index (χ4v) is 5.24. The number of hydrogen-bond acceptors (Lipinski definition) is 7. The molecular formula is C27H26N2O5S. The predicted octanol–water partition coefficient (Wildman–Crippen LogP) is 2.17. The molecule has 0 fully saturated rings. The van der Waals surface area contributed by atoms with E-state index in [0.717, 1.165) is 28.0 Å². The molecule has 1 atom stereocenters. The maximum absolute atomic E-state index is 13.5. The Kier molecular flexibility index (Phi) is 6.75. The van der Waals surface area contributed by atoms with Gasteiger partial charge < -0.3 is 15.2 Å². The van der Waals surface area contributed by atoms with E-state index >= 15 is 0 Å². The van der Waals surface area contributed by atoms with Crippen LogP contribution >= 0.6 is 11.3 Å². The molecule has 2 aromatic carbocycles. The Morgan fingerprint density at radius 2 is 1.60 bits per heavy atom. The van der Waals surface area contributed by atoms with Crippen molar-refractivity contribution in [1.82, 2.24) is 4.57 Å². The van der Waals surface area contributed by atoms with Crippen LogP contribution in [0, 0.1) is 13.8 Å². The zero-order valence-electron chi connectivity index (χ0n) is 20.0. The van der Waals surface area contributed by atoms with Crippen LogP contribution in [0.1, 0.15) is 35.1 Å². The van der Waals surface area contributed by atoms with Gasteiger partial charge in [0.15, 0.2) is 0 Å². The molecule has 35 heavy (non-hydrogen) atoms. The normalized spacial score (nSPS) is 15.7. The zero-order chi connectivity index (χ0) is 25.3. The van der Waals surface area contributed by atoms with E-state index in [9.17, 15) is 14.4 Å². The standard InChI is InChI=1S/C27H26N2O5S/c1-5-34-27(32)21-20(18-12-8-16(3)9-13-18)22(26(31)33-4)25-29(23(21)28)24(30)19(35-25)14-17-10-6-15(2)7-11-17/h6-14,20H,5,28H2,1-4H3/b19-14-/t20-/m1/s1. The van der Waals surface area contributed by atoms with Gasteiger partial charge in [-0.15, -0.1) is 11.3 Å². The van der Waals surface area contributed by atoms with Crippen LogP contribution in [0.15, 0.2) is 58.9 Å². The van der Waals surface area contributed by atoms with E-state index in [4.69, 9.17) is 15.2 Å². The lowest BCUT2D eigenvalue weighted by atomic mass is 9.83. The topological polar surface area (TPSA) is 101 Å². The van der Waals surface area contributed by atoms with Gasteiger partial charge in [-0.2, -0.15) is 0 Å². The number of fused-ring (bicyclic) bond motifs is 1. The van der Waals surface area contributed by atoms with E-state index in [-0.39, 0.29) is 23.6 Å². The molecule has 4 rings (SSSR count). The monoisotopic (exact) mass is 490 g/mol. The van der Waals surface area contributed by atoms with Gasteiger partial charge in [-0.25, -0.2) is 9.59 Å². The minimum atomic E-state index is -0.854. The first-order valence-corrected chi connectivity index (χ1v) is 11.9. The summed E-state index contributed by atoms with van der Waals surface area (Å²) in [5.74, 6) is -2.25. The molecule has 1 aliphatic rings. The van der Waals surface area contributed by atoms with Crippen LogP contribution in [0.2, 0.25) is 0 Å². The molecule has 0 radical (unpaired) electrons. The van der Waals surface area contributed by atoms with Gasteiger partial charge in [0.05, 0.1) is 35.3 Å². The first-order valence-electron chi connectivity index (χ1n) is 11.1. The Labute approximate surface area is 206 Å². The third-order valence-electron chi connectivity index (χ3n) is 5.83. The molecule has 0 aliphatic carbocycles. The molecule has 180 valence electrons. The summed E-state index contributed by atoms with van der Waals surface area (Å²) in [7, 11) is 1.27. The number of nitrogens with two attached hydrogens (primary N) is 1. The third-order valence-corrected chi connectivity index (χ3v) is 6.94. The molecule has 0 bridgehead atoms. The van der Waals surface area contributed by atoms with Crippen LogP contribution in [-0.2, 0) is 19.1 Å². The number of carbonyl (C=O) groups is 2. The number of rotatable bonds is 5. The summed E-state index contributed by atoms with van der Waals surface area (Å²) in [6, 6.07) is 15.1. The second kappa shape index (κ2) is 9.76. The zero-order valence-corrected chi connectivity index (χ0v) is 20.8. The van der Waals surface area contributed by atoms with Gasteiger partial charge in [-0.3, -0.25) is 9.36 Å². The van der Waals surface area contributed by atoms with Crippen LogP contribution in [0.3, 0.4) is 0 Å². The maximum atomic E-state index is 13.5. The van der Waals surface area contributed by atoms with Gasteiger partial charge in [0.2, 0.25) is 0 Å². The Morgan fingerprint density at radius 1 is 1.00 bits per heavy atom. The molecule has 7 nitrogen and oxygen atoms in total. The number of esters is 2. The van der Waals surface area contributed by atoms with E-state index < -0.39 is 23.4 Å². The highest BCUT2D eigenvalue weighted by Crippen LogP contribution is 2.37. The van der Waals surface area contributed by atoms with Crippen molar-refractivity contribution in [1.29, 1.82) is 0 Å². The summed E-state index contributed by atoms with van der Waals surface area (Å²) in [5, 5.41) is 0. The lowest BCUT2D eigenvalue weighted by Crippen LogP contribution is -2.41. The van der Waals surface area contributed by atoms with Gasteiger partial charge in [0.1, 0.15) is 10.5 Å². The van der Waals surface area contributed by atoms with Crippen molar-refractivity contribution in [3.8, 4) is 0 Å². The second-order valence-corrected chi connectivity index (χ2v) is 9.27. The second-order valence-electron chi connectivity index (χ2n) is 8.24. The summed E-state index contributed by atoms with van der Waals surface area (Å²) in [6.45, 7) is 5.71. The summed E-state index contributed by atoms with van der Waals surface area (Å²) >= 11 is 1.14. The molecule has 1 aromatic heterocycles. The van der Waals surface area contributed by atoms with E-state index in [2.05, 4.69) is 0 Å². The predicted molar refractivity (Wildman–Crippen MR) is 136 cm³/mol. The maximum Gasteiger partial charge on any atom is 0.338 e. The van der Waals surface area contributed by atoms with Crippen molar-refractivity contribution in [2.75, 3.05) is 13.7 Å². The molecule has 0 unspecified atom stereocenters. The summed E-state index contributed by atoms with van der Waals surface area (Å²) in [5.41, 5.74) is 9.86. The Morgan fingerprint density at radius 3 is 2.17 bits per heavy atom. The molecule has 8 heteroatoms. The first kappa shape index (κ1) is 24.2. The Hall–Kier alpha value is -3.91. The van der Waals surface area contributed by atoms with Crippen LogP contribution in [0.4, 0.5) is 0 Å². The van der Waals surface area contributed by atoms with Crippen LogP contribution < -0.4 is 20.5 Å². The summed E-state index contributed by atoms with van der Waals surface area (Å²) in [4.78, 5) is 39.7. The molecule has 0 spiro atoms. The molecule has 2 heterocycles. The number of ether oxygens (including phenoxy) is 2. The lowest BCUT2D eigenvalue weighted by molar-refractivity contribution is -0.138. The Balaban J connectivity index is 2.10. The van der Waals surface area contributed by atoms with E-state index in [0.29, 0.717) is 14.8 Å². The number of methoxy groups -OCH3 is 1. The van der Waals surface area contributed by atoms with Gasteiger partial charge in [0.25, 0.3) is 5.56 Å². The highest BCUT2D eigenvalue weighted by molar-refractivity contribution is 7.07. The molecule has 0 amide bonds. The highest BCUT2D eigenvalue weighted by atomic mass is 32.1. The number of nitrogens with zero attached hydrogens (tertiary/aromatic N) is 1. The number of aryl methyl sites for hydroxylation is 2. The van der Waals surface area contributed by atoms with Crippen molar-refractivity contribution < 1.29 is 19.1 Å². The average Bonchev–Trinajstić information content (AvgIpc) is 3.16. The molecule has 0 saturated carbocycles. The molecule has 0 saturated heterocycles. The first-order chi connectivity index (χ1) is 16.8. The van der Waals surface area contributed by atoms with Gasteiger partial charge in [-0.05, 0) is 38.0 Å². The number of benzene rings is 2. The molecule has 2 N–H and O–H groups in total. The minimum Gasteiger partial charge on any atom is -0.466 e. The van der Waals surface area contributed by atoms with Crippen molar-refractivity contribution in [2.45, 2.75) is 26.7 Å². The van der Waals surface area contributed by atoms with Crippen LogP contribution in [0.25, 0.3) is 17.5 Å². The van der Waals surface area contributed by atoms with E-state index in [1.165, 1.54) is 11.7 Å². The smallest absolute Gasteiger partial charge is 0.338 e. The largest absolute Gasteiger partial charge is 0.466 e. The van der Waals surface area contributed by atoms with Crippen molar-refractivity contribution in [3.05, 3.63) is 95.9 Å². The van der Waals surface area contributed by atoms with E-state index in [1.807, 2.05) is 62.4 Å². The quantitative estimate of drug-likeness (QED) is 0.550. The number of hydrogen-bond donors (Lipinski definition) is 1. The lowest BCUT2D eigenvalue weighted by Gasteiger charge is -2.26. The molecule has 1 aliphatic heterocycles. The fraction of sp³-hybridized carbons (Fsp3) is 0.222. The van der Waals surface area contributed by atoms with Crippen LogP contribution in [0.5, 0.6) is 0 Å². The molecule has 3 aromatic rings. The van der Waals surface area contributed by atoms with Crippen molar-refractivity contribution in [3.63, 3.8) is 0 Å². The highest BCUT2D eigenvalue weighted by Gasteiger charge is 2.39. The molecular weight excluding hydrogens is 464 g/mol. The average molecular weight is 491 g/mol. The summed E-state index contributed by atoms with van der Waals surface area (Å²) < 4.78 is 12.3. The number of aromatic nitrogens is 1. The van der Waals surface area contributed by atoms with Crippen molar-refractivity contribution >= 4 is 40.7 Å². The van der Waals surface area contributed by atoms with Gasteiger partial charge in [-0.1, -0.05) is 59.7 Å². The van der Waals surface area contributed by atoms with Gasteiger partial charge >= 0.3 is 11.9 Å². The number of carbonyl (C=O) groups excluding carboxylic acids is 2. The van der Waals surface area contributed by atoms with Crippen LogP contribution in [-0.4, -0.2) is 30.2 Å². The van der Waals surface area contributed by atoms with E-state index in [1.54, 1.807) is 13.0 Å². The number of thiazole rings is 1. The SMILES string of the molecule is CCOC(=O)C1=C(N)n2c(s/c(=C\c3ccc(C)cc3)c2=O)=C(C(=O)OC)[C@@H]1c1ccc(C)cc1. The third kappa shape index (κ3) is 4.44. The Bertz CT molecular complexity index is 1510. The summed E-state index contributed by atoms with van der Waals surface area (Å²) in [6.07, 6.45) is 1.74. The van der Waals surface area contributed by atoms with Crippen molar-refractivity contribution in [2.24, 2.45) is 5.73 Å². The fourth-order valence-electron chi connectivity index (χ4n) is 4.07.